The van der Waals surface area contributed by atoms with Crippen molar-refractivity contribution < 1.29 is 134 Å². The van der Waals surface area contributed by atoms with E-state index in [1.54, 1.807) is 6.07 Å². The molecular weight excluding hydrogens is 481 g/mol. The van der Waals surface area contributed by atoms with Crippen LogP contribution in [0.3, 0.4) is 0 Å². The molecule has 0 aliphatic rings. The van der Waals surface area contributed by atoms with Gasteiger partial charge >= 0.3 is 103 Å². The molecular formula is C19H23K2O7PS. The van der Waals surface area contributed by atoms with E-state index in [0.29, 0.717) is 17.9 Å². The Morgan fingerprint density at radius 2 is 1.67 bits per heavy atom. The Morgan fingerprint density at radius 1 is 1.00 bits per heavy atom. The summed E-state index contributed by atoms with van der Waals surface area (Å²) >= 11 is 0. The van der Waals surface area contributed by atoms with Crippen LogP contribution >= 0.6 is 8.25 Å². The quantitative estimate of drug-likeness (QED) is 0.187. The largest absolute Gasteiger partial charge is 1.00 e. The summed E-state index contributed by atoms with van der Waals surface area (Å²) < 4.78 is 53.9. The maximum atomic E-state index is 11.1. The minimum Gasteiger partial charge on any atom is -0.781 e. The van der Waals surface area contributed by atoms with Crippen molar-refractivity contribution in [3.8, 4) is 11.5 Å². The summed E-state index contributed by atoms with van der Waals surface area (Å²) in [5, 5.41) is 0. The zero-order valence-electron chi connectivity index (χ0n) is 17.5. The number of hydrogen-bond donors (Lipinski definition) is 0. The first kappa shape index (κ1) is 31.6. The van der Waals surface area contributed by atoms with Gasteiger partial charge in [-0.1, -0.05) is 37.6 Å². The van der Waals surface area contributed by atoms with Crippen LogP contribution in [0.15, 0.2) is 48.5 Å². The van der Waals surface area contributed by atoms with Crippen molar-refractivity contribution >= 4 is 18.4 Å². The second-order valence-corrected chi connectivity index (χ2v) is 8.57. The molecule has 0 saturated heterocycles. The summed E-state index contributed by atoms with van der Waals surface area (Å²) in [4.78, 5) is 10.6. The molecule has 30 heavy (non-hydrogen) atoms. The molecule has 2 aromatic rings. The predicted octanol–water partition coefficient (Wildman–Crippen LogP) is -2.60. The first-order chi connectivity index (χ1) is 13.3. The van der Waals surface area contributed by atoms with Crippen LogP contribution in [0.2, 0.25) is 0 Å². The molecule has 0 fully saturated rings. The number of ether oxygens (including phenoxy) is 1. The average Bonchev–Trinajstić information content (AvgIpc) is 2.62. The van der Waals surface area contributed by atoms with Gasteiger partial charge < -0.3 is 23.3 Å². The van der Waals surface area contributed by atoms with Gasteiger partial charge in [0.15, 0.2) is 5.44 Å². The van der Waals surface area contributed by atoms with Crippen LogP contribution in [0.25, 0.3) is 0 Å². The summed E-state index contributed by atoms with van der Waals surface area (Å²) in [6, 6.07) is 15.1. The van der Waals surface area contributed by atoms with E-state index in [0.717, 1.165) is 18.4 Å². The van der Waals surface area contributed by atoms with Gasteiger partial charge in [-0.3, -0.25) is 0 Å². The van der Waals surface area contributed by atoms with E-state index in [1.807, 2.05) is 42.5 Å². The van der Waals surface area contributed by atoms with E-state index < -0.39 is 23.8 Å². The van der Waals surface area contributed by atoms with Gasteiger partial charge in [0.25, 0.3) is 0 Å². The van der Waals surface area contributed by atoms with Crippen LogP contribution in [0.5, 0.6) is 11.5 Å². The van der Waals surface area contributed by atoms with Crippen molar-refractivity contribution in [3.05, 3.63) is 59.7 Å². The van der Waals surface area contributed by atoms with E-state index in [-0.39, 0.29) is 116 Å². The van der Waals surface area contributed by atoms with Crippen LogP contribution in [0.4, 0.5) is 0 Å². The smallest absolute Gasteiger partial charge is 0.781 e. The standard InChI is InChI=1S/C19H25O7PS.2K/c1-2-5-15-10-12-17(13-11-15)25-18-8-3-6-16(14-18)7-4-9-19(26-27(20)21)28(22,23)24;;/h3,6,8,10-14,19,27H,2,4-5,7,9H2,1H3,(H,20,21)(H,22,23,24);;/q;2*+1/p-2. The normalized spacial score (nSPS) is 12.9. The van der Waals surface area contributed by atoms with E-state index in [9.17, 15) is 22.4 Å². The molecule has 0 aromatic heterocycles. The second kappa shape index (κ2) is 16.2. The second-order valence-electron chi connectivity index (χ2n) is 6.33. The van der Waals surface area contributed by atoms with Crippen molar-refractivity contribution in [2.45, 2.75) is 44.5 Å². The molecule has 11 heteroatoms. The van der Waals surface area contributed by atoms with Gasteiger partial charge in [0.1, 0.15) is 29.9 Å². The van der Waals surface area contributed by atoms with Crippen molar-refractivity contribution in [1.29, 1.82) is 0 Å². The van der Waals surface area contributed by atoms with Gasteiger partial charge in [-0.05, 0) is 61.1 Å². The molecule has 2 atom stereocenters. The van der Waals surface area contributed by atoms with Crippen LogP contribution in [-0.4, -0.2) is 18.4 Å². The van der Waals surface area contributed by atoms with E-state index in [1.165, 1.54) is 5.56 Å². The van der Waals surface area contributed by atoms with Crippen LogP contribution in [-0.2, 0) is 32.0 Å². The number of benzene rings is 2. The molecule has 0 aliphatic heterocycles. The van der Waals surface area contributed by atoms with Gasteiger partial charge in [0.05, 0.1) is 0 Å². The SMILES string of the molecule is CCCc1ccc(Oc2cccc(CCCC(O[PH](=O)[O-])S(=O)(=O)[O-])c2)cc1.[K+].[K+]. The molecule has 0 heterocycles. The van der Waals surface area contributed by atoms with Crippen LogP contribution < -0.4 is 112 Å². The van der Waals surface area contributed by atoms with Crippen molar-refractivity contribution in [1.82, 2.24) is 0 Å². The molecule has 7 nitrogen and oxygen atoms in total. The minimum absolute atomic E-state index is 0. The van der Waals surface area contributed by atoms with E-state index >= 15 is 0 Å². The van der Waals surface area contributed by atoms with Crippen molar-refractivity contribution in [3.63, 3.8) is 0 Å². The fraction of sp³-hybridized carbons (Fsp3) is 0.368. The Balaban J connectivity index is 0.00000420. The number of hydrogen-bond acceptors (Lipinski definition) is 7. The molecule has 0 spiro atoms. The topological polar surface area (TPSA) is 116 Å². The first-order valence-electron chi connectivity index (χ1n) is 8.96. The third-order valence-corrected chi connectivity index (χ3v) is 5.67. The predicted molar refractivity (Wildman–Crippen MR) is 103 cm³/mol. The van der Waals surface area contributed by atoms with Crippen molar-refractivity contribution in [2.24, 2.45) is 0 Å². The van der Waals surface area contributed by atoms with Crippen LogP contribution in [0.1, 0.15) is 37.3 Å². The molecule has 154 valence electrons. The van der Waals surface area contributed by atoms with Gasteiger partial charge in [0.2, 0.25) is 0 Å². The van der Waals surface area contributed by atoms with Gasteiger partial charge in [-0.15, -0.1) is 0 Å². The van der Waals surface area contributed by atoms with Gasteiger partial charge in [0, 0.05) is 0 Å². The first-order valence-corrected chi connectivity index (χ1v) is 11.7. The third kappa shape index (κ3) is 12.2. The van der Waals surface area contributed by atoms with Crippen LogP contribution in [0, 0.1) is 0 Å². The minimum atomic E-state index is -4.84. The molecule has 0 bridgehead atoms. The average molecular weight is 505 g/mol. The summed E-state index contributed by atoms with van der Waals surface area (Å²) in [5.74, 6) is 1.35. The Morgan fingerprint density at radius 3 is 2.23 bits per heavy atom. The maximum absolute atomic E-state index is 11.1. The third-order valence-electron chi connectivity index (χ3n) is 4.05. The zero-order valence-corrected chi connectivity index (χ0v) is 25.6. The summed E-state index contributed by atoms with van der Waals surface area (Å²) in [7, 11) is -8.60. The molecule has 2 aromatic carbocycles. The Labute approximate surface area is 263 Å². The summed E-state index contributed by atoms with van der Waals surface area (Å²) in [5.41, 5.74) is 0.240. The van der Waals surface area contributed by atoms with Crippen molar-refractivity contribution in [2.75, 3.05) is 0 Å². The van der Waals surface area contributed by atoms with Gasteiger partial charge in [-0.25, -0.2) is 8.42 Å². The number of rotatable bonds is 11. The Bertz CT molecular complexity index is 892. The Kier molecular flexibility index (Phi) is 17.1. The summed E-state index contributed by atoms with van der Waals surface area (Å²) in [6.45, 7) is 2.12. The fourth-order valence-electron chi connectivity index (χ4n) is 2.76. The van der Waals surface area contributed by atoms with Gasteiger partial charge in [-0.2, -0.15) is 0 Å². The molecule has 0 radical (unpaired) electrons. The van der Waals surface area contributed by atoms with E-state index in [2.05, 4.69) is 11.4 Å². The maximum Gasteiger partial charge on any atom is 1.00 e. The molecule has 0 N–H and O–H groups in total. The van der Waals surface area contributed by atoms with E-state index in [4.69, 9.17) is 4.74 Å². The zero-order chi connectivity index (χ0) is 20.6. The molecule has 0 amide bonds. The molecule has 0 saturated carbocycles. The fourth-order valence-corrected chi connectivity index (χ4v) is 4.25. The summed E-state index contributed by atoms with van der Waals surface area (Å²) in [6.07, 6.45) is 2.61. The Hall–Kier alpha value is 1.57. The molecule has 2 rings (SSSR count). The molecule has 2 unspecified atom stereocenters. The monoisotopic (exact) mass is 504 g/mol. The molecule has 0 aliphatic carbocycles. The number of aryl methyl sites for hydroxylation is 2.